The van der Waals surface area contributed by atoms with Crippen LogP contribution in [-0.4, -0.2) is 24.0 Å². The Hall–Kier alpha value is -2.11. The van der Waals surface area contributed by atoms with Gasteiger partial charge in [-0.1, -0.05) is 0 Å². The number of anilines is 1. The summed E-state index contributed by atoms with van der Waals surface area (Å²) in [6.07, 6.45) is 4.07. The number of nitrogens with zero attached hydrogens (tertiary/aromatic N) is 1. The standard InChI is InChI=1S/C16H18N2O4/c1-22-16(19)11-7-10(4-5-12(11)18(20)21)17-15-13-8-2-3-9(6-8)14(13)15/h4-5,7-9,13-15,17H,2-3,6H2,1H3. The zero-order chi connectivity index (χ0) is 15.4. The summed E-state index contributed by atoms with van der Waals surface area (Å²) in [7, 11) is 1.23. The lowest BCUT2D eigenvalue weighted by Crippen LogP contribution is -2.14. The molecule has 0 aliphatic heterocycles. The fraction of sp³-hybridized carbons (Fsp3) is 0.562. The average molecular weight is 302 g/mol. The molecule has 1 aromatic rings. The number of hydrogen-bond acceptors (Lipinski definition) is 5. The Balaban J connectivity index is 1.56. The molecule has 1 aromatic carbocycles. The van der Waals surface area contributed by atoms with Crippen LogP contribution in [0.15, 0.2) is 18.2 Å². The van der Waals surface area contributed by atoms with Gasteiger partial charge in [-0.05, 0) is 55.1 Å². The third kappa shape index (κ3) is 1.90. The number of nitrogens with one attached hydrogen (secondary N) is 1. The van der Waals surface area contributed by atoms with Crippen molar-refractivity contribution in [2.75, 3.05) is 12.4 Å². The molecular weight excluding hydrogens is 284 g/mol. The molecule has 0 radical (unpaired) electrons. The number of ether oxygens (including phenoxy) is 1. The van der Waals surface area contributed by atoms with E-state index in [0.29, 0.717) is 6.04 Å². The smallest absolute Gasteiger partial charge is 0.344 e. The normalized spacial score (nSPS) is 34.1. The number of carbonyl (C=O) groups excluding carboxylic acids is 1. The van der Waals surface area contributed by atoms with Crippen molar-refractivity contribution in [2.45, 2.75) is 25.3 Å². The van der Waals surface area contributed by atoms with Crippen LogP contribution in [0.2, 0.25) is 0 Å². The molecule has 3 aliphatic rings. The van der Waals surface area contributed by atoms with E-state index in [0.717, 1.165) is 29.4 Å². The van der Waals surface area contributed by atoms with Gasteiger partial charge in [0.1, 0.15) is 5.56 Å². The van der Waals surface area contributed by atoms with Gasteiger partial charge in [-0.25, -0.2) is 4.79 Å². The molecule has 4 unspecified atom stereocenters. The Kier molecular flexibility index (Phi) is 2.89. The Morgan fingerprint density at radius 3 is 2.59 bits per heavy atom. The van der Waals surface area contributed by atoms with Crippen LogP contribution >= 0.6 is 0 Å². The van der Waals surface area contributed by atoms with Crippen molar-refractivity contribution in [1.29, 1.82) is 0 Å². The summed E-state index contributed by atoms with van der Waals surface area (Å²) in [5, 5.41) is 14.5. The van der Waals surface area contributed by atoms with Gasteiger partial charge in [0.25, 0.3) is 5.69 Å². The molecule has 0 amide bonds. The van der Waals surface area contributed by atoms with E-state index in [4.69, 9.17) is 0 Å². The molecule has 0 aromatic heterocycles. The monoisotopic (exact) mass is 302 g/mol. The molecule has 6 heteroatoms. The second-order valence-electron chi connectivity index (χ2n) is 6.64. The highest BCUT2D eigenvalue weighted by Gasteiger charge is 2.65. The van der Waals surface area contributed by atoms with Crippen molar-refractivity contribution in [3.63, 3.8) is 0 Å². The van der Waals surface area contributed by atoms with Gasteiger partial charge in [-0.2, -0.15) is 0 Å². The number of nitro benzene ring substituents is 1. The van der Waals surface area contributed by atoms with E-state index in [1.165, 1.54) is 32.4 Å². The number of esters is 1. The second-order valence-corrected chi connectivity index (χ2v) is 6.64. The Morgan fingerprint density at radius 1 is 1.32 bits per heavy atom. The van der Waals surface area contributed by atoms with Gasteiger partial charge in [0, 0.05) is 17.8 Å². The van der Waals surface area contributed by atoms with Gasteiger partial charge in [-0.3, -0.25) is 10.1 Å². The summed E-state index contributed by atoms with van der Waals surface area (Å²) in [6.45, 7) is 0. The highest BCUT2D eigenvalue weighted by molar-refractivity contribution is 5.95. The van der Waals surface area contributed by atoms with Crippen LogP contribution in [0.25, 0.3) is 0 Å². The zero-order valence-electron chi connectivity index (χ0n) is 12.3. The number of nitro groups is 1. The maximum Gasteiger partial charge on any atom is 0.344 e. The highest BCUT2D eigenvalue weighted by Crippen LogP contribution is 2.66. The summed E-state index contributed by atoms with van der Waals surface area (Å²) in [5.41, 5.74) is 0.560. The fourth-order valence-electron chi connectivity index (χ4n) is 4.77. The summed E-state index contributed by atoms with van der Waals surface area (Å²) in [4.78, 5) is 22.2. The van der Waals surface area contributed by atoms with Crippen LogP contribution < -0.4 is 5.32 Å². The average Bonchev–Trinajstić information content (AvgIpc) is 2.91. The minimum atomic E-state index is -0.675. The first-order chi connectivity index (χ1) is 10.6. The fourth-order valence-corrected chi connectivity index (χ4v) is 4.77. The number of rotatable bonds is 4. The van der Waals surface area contributed by atoms with E-state index >= 15 is 0 Å². The van der Waals surface area contributed by atoms with Crippen molar-refractivity contribution < 1.29 is 14.5 Å². The van der Waals surface area contributed by atoms with Crippen LogP contribution in [0.3, 0.4) is 0 Å². The second kappa shape index (κ2) is 4.69. The van der Waals surface area contributed by atoms with Crippen LogP contribution in [0.1, 0.15) is 29.6 Å². The predicted molar refractivity (Wildman–Crippen MR) is 79.7 cm³/mol. The van der Waals surface area contributed by atoms with Gasteiger partial charge in [-0.15, -0.1) is 0 Å². The molecule has 3 aliphatic carbocycles. The molecule has 4 rings (SSSR count). The molecule has 116 valence electrons. The van der Waals surface area contributed by atoms with E-state index in [1.54, 1.807) is 12.1 Å². The molecule has 22 heavy (non-hydrogen) atoms. The van der Waals surface area contributed by atoms with Crippen molar-refractivity contribution >= 4 is 17.3 Å². The summed E-state index contributed by atoms with van der Waals surface area (Å²) in [5.74, 6) is 2.55. The zero-order valence-corrected chi connectivity index (χ0v) is 12.3. The van der Waals surface area contributed by atoms with Gasteiger partial charge in [0.15, 0.2) is 0 Å². The van der Waals surface area contributed by atoms with E-state index in [1.807, 2.05) is 0 Å². The molecule has 0 heterocycles. The maximum atomic E-state index is 11.7. The molecule has 3 fully saturated rings. The number of methoxy groups -OCH3 is 1. The van der Waals surface area contributed by atoms with Gasteiger partial charge >= 0.3 is 5.97 Å². The first kappa shape index (κ1) is 13.5. The molecule has 6 nitrogen and oxygen atoms in total. The third-order valence-electron chi connectivity index (χ3n) is 5.67. The molecule has 4 atom stereocenters. The summed E-state index contributed by atoms with van der Waals surface area (Å²) in [6, 6.07) is 5.07. The van der Waals surface area contributed by atoms with E-state index in [9.17, 15) is 14.9 Å². The first-order valence-corrected chi connectivity index (χ1v) is 7.73. The lowest BCUT2D eigenvalue weighted by Gasteiger charge is -2.12. The van der Waals surface area contributed by atoms with Crippen molar-refractivity contribution in [3.05, 3.63) is 33.9 Å². The van der Waals surface area contributed by atoms with Crippen molar-refractivity contribution in [1.82, 2.24) is 0 Å². The summed E-state index contributed by atoms with van der Waals surface area (Å²) < 4.78 is 4.65. The minimum absolute atomic E-state index is 0.00582. The lowest BCUT2D eigenvalue weighted by atomic mass is 10.0. The quantitative estimate of drug-likeness (QED) is 0.525. The molecule has 3 saturated carbocycles. The number of hydrogen-bond donors (Lipinski definition) is 1. The largest absolute Gasteiger partial charge is 0.465 e. The van der Waals surface area contributed by atoms with Gasteiger partial charge < -0.3 is 10.1 Å². The third-order valence-corrected chi connectivity index (χ3v) is 5.67. The Bertz CT molecular complexity index is 644. The maximum absolute atomic E-state index is 11.7. The lowest BCUT2D eigenvalue weighted by molar-refractivity contribution is -0.385. The van der Waals surface area contributed by atoms with E-state index < -0.39 is 10.9 Å². The molecular formula is C16H18N2O4. The molecule has 0 saturated heterocycles. The SMILES string of the molecule is COC(=O)c1cc(NC2C3C4CCC(C4)C23)ccc1[N+](=O)[O-]. The van der Waals surface area contributed by atoms with E-state index in [-0.39, 0.29) is 11.3 Å². The van der Waals surface area contributed by atoms with Gasteiger partial charge in [0.2, 0.25) is 0 Å². The van der Waals surface area contributed by atoms with Gasteiger partial charge in [0.05, 0.1) is 12.0 Å². The predicted octanol–water partition coefficient (Wildman–Crippen LogP) is 2.84. The van der Waals surface area contributed by atoms with Crippen molar-refractivity contribution in [3.8, 4) is 0 Å². The number of fused-ring (bicyclic) bond motifs is 5. The van der Waals surface area contributed by atoms with E-state index in [2.05, 4.69) is 10.1 Å². The van der Waals surface area contributed by atoms with Crippen LogP contribution in [-0.2, 0) is 4.74 Å². The van der Waals surface area contributed by atoms with Crippen LogP contribution in [0.4, 0.5) is 11.4 Å². The topological polar surface area (TPSA) is 81.5 Å². The molecule has 1 N–H and O–H groups in total. The van der Waals surface area contributed by atoms with Crippen LogP contribution in [0, 0.1) is 33.8 Å². The number of benzene rings is 1. The first-order valence-electron chi connectivity index (χ1n) is 7.73. The summed E-state index contributed by atoms with van der Waals surface area (Å²) >= 11 is 0. The minimum Gasteiger partial charge on any atom is -0.465 e. The van der Waals surface area contributed by atoms with Crippen molar-refractivity contribution in [2.24, 2.45) is 23.7 Å². The Labute approximate surface area is 128 Å². The molecule has 0 spiro atoms. The Morgan fingerprint density at radius 2 is 2.00 bits per heavy atom. The highest BCUT2D eigenvalue weighted by atomic mass is 16.6. The molecule has 2 bridgehead atoms. The van der Waals surface area contributed by atoms with Crippen LogP contribution in [0.5, 0.6) is 0 Å². The number of carbonyl (C=O) groups is 1.